The summed E-state index contributed by atoms with van der Waals surface area (Å²) in [6.45, 7) is 3.31. The van der Waals surface area contributed by atoms with Gasteiger partial charge in [0.05, 0.1) is 4.47 Å². The van der Waals surface area contributed by atoms with Gasteiger partial charge in [0.1, 0.15) is 11.8 Å². The number of nitrogens with zero attached hydrogens (tertiary/aromatic N) is 1. The monoisotopic (exact) mass is 334 g/mol. The van der Waals surface area contributed by atoms with Crippen molar-refractivity contribution in [3.63, 3.8) is 0 Å². The van der Waals surface area contributed by atoms with Crippen LogP contribution in [0.1, 0.15) is 16.8 Å². The number of hydrogen-bond acceptors (Lipinski definition) is 3. The third-order valence-electron chi connectivity index (χ3n) is 4.44. The van der Waals surface area contributed by atoms with E-state index >= 15 is 0 Å². The van der Waals surface area contributed by atoms with Gasteiger partial charge in [0, 0.05) is 30.1 Å². The Labute approximate surface area is 125 Å². The van der Waals surface area contributed by atoms with Gasteiger partial charge in [-0.1, -0.05) is 0 Å². The normalized spacial score (nSPS) is 28.1. The Morgan fingerprint density at radius 3 is 3.05 bits per heavy atom. The van der Waals surface area contributed by atoms with E-state index in [0.29, 0.717) is 17.5 Å². The predicted molar refractivity (Wildman–Crippen MR) is 79.7 cm³/mol. The summed E-state index contributed by atoms with van der Waals surface area (Å²) in [6, 6.07) is 5.88. The molecule has 1 aromatic carbocycles. The largest absolute Gasteiger partial charge is 0.463 e. The van der Waals surface area contributed by atoms with Gasteiger partial charge < -0.3 is 14.6 Å². The van der Waals surface area contributed by atoms with Crippen LogP contribution >= 0.6 is 15.9 Å². The summed E-state index contributed by atoms with van der Waals surface area (Å²) in [7, 11) is 0. The van der Waals surface area contributed by atoms with Gasteiger partial charge in [-0.3, -0.25) is 4.79 Å². The summed E-state index contributed by atoms with van der Waals surface area (Å²) in [5.41, 5.74) is 1.40. The molecule has 20 heavy (non-hydrogen) atoms. The molecule has 4 nitrogen and oxygen atoms in total. The lowest BCUT2D eigenvalue weighted by molar-refractivity contribution is 0.0924. The molecule has 3 heterocycles. The van der Waals surface area contributed by atoms with E-state index in [9.17, 15) is 4.79 Å². The molecule has 2 aliphatic heterocycles. The fourth-order valence-corrected chi connectivity index (χ4v) is 3.76. The first-order valence-corrected chi connectivity index (χ1v) is 7.70. The van der Waals surface area contributed by atoms with Gasteiger partial charge in [-0.2, -0.15) is 0 Å². The number of rotatable bonds is 2. The molecule has 2 aliphatic rings. The highest BCUT2D eigenvalue weighted by Crippen LogP contribution is 2.29. The van der Waals surface area contributed by atoms with E-state index in [1.807, 2.05) is 18.2 Å². The molecule has 0 radical (unpaired) electrons. The van der Waals surface area contributed by atoms with Gasteiger partial charge in [-0.15, -0.1) is 0 Å². The van der Waals surface area contributed by atoms with Crippen LogP contribution in [-0.2, 0) is 0 Å². The molecule has 3 atom stereocenters. The average molecular weight is 335 g/mol. The summed E-state index contributed by atoms with van der Waals surface area (Å²) in [5, 5.41) is 4.16. The molecule has 2 aromatic rings. The minimum absolute atomic E-state index is 0.00169. The fourth-order valence-electron chi connectivity index (χ4n) is 3.34. The van der Waals surface area contributed by atoms with E-state index < -0.39 is 0 Å². The number of benzene rings is 1. The Kier molecular flexibility index (Phi) is 2.86. The van der Waals surface area contributed by atoms with E-state index in [2.05, 4.69) is 26.1 Å². The lowest BCUT2D eigenvalue weighted by atomic mass is 9.99. The highest BCUT2D eigenvalue weighted by atomic mass is 79.9. The first kappa shape index (κ1) is 12.4. The van der Waals surface area contributed by atoms with Crippen LogP contribution in [0.2, 0.25) is 0 Å². The smallest absolute Gasteiger partial charge is 0.251 e. The molecule has 2 bridgehead atoms. The molecule has 1 amide bonds. The zero-order valence-corrected chi connectivity index (χ0v) is 12.5. The van der Waals surface area contributed by atoms with Crippen molar-refractivity contribution < 1.29 is 9.21 Å². The van der Waals surface area contributed by atoms with Crippen LogP contribution in [0.4, 0.5) is 0 Å². The second kappa shape index (κ2) is 4.60. The number of halogens is 1. The van der Waals surface area contributed by atoms with Gasteiger partial charge in [0.15, 0.2) is 0 Å². The zero-order chi connectivity index (χ0) is 13.7. The summed E-state index contributed by atoms with van der Waals surface area (Å²) >= 11 is 3.42. The van der Waals surface area contributed by atoms with Gasteiger partial charge in [-0.05, 0) is 53.0 Å². The maximum Gasteiger partial charge on any atom is 0.251 e. The van der Waals surface area contributed by atoms with Crippen LogP contribution in [0, 0.1) is 5.92 Å². The number of hydrogen-bond donors (Lipinski definition) is 1. The van der Waals surface area contributed by atoms with E-state index in [4.69, 9.17) is 4.42 Å². The minimum atomic E-state index is -0.00169. The van der Waals surface area contributed by atoms with E-state index in [1.54, 1.807) is 6.26 Å². The molecule has 104 valence electrons. The maximum absolute atomic E-state index is 12.3. The Hall–Kier alpha value is -1.33. The lowest BCUT2D eigenvalue weighted by Gasteiger charge is -2.23. The molecule has 2 fully saturated rings. The second-order valence-corrected chi connectivity index (χ2v) is 6.54. The third kappa shape index (κ3) is 1.96. The van der Waals surface area contributed by atoms with Crippen LogP contribution in [-0.4, -0.2) is 36.5 Å². The number of carbonyl (C=O) groups excluding carboxylic acids is 1. The van der Waals surface area contributed by atoms with E-state index in [0.717, 1.165) is 28.5 Å². The molecule has 1 aromatic heterocycles. The molecule has 0 saturated carbocycles. The maximum atomic E-state index is 12.3. The van der Waals surface area contributed by atoms with Crippen molar-refractivity contribution in [2.75, 3.05) is 19.6 Å². The quantitative estimate of drug-likeness (QED) is 0.918. The van der Waals surface area contributed by atoms with Crippen LogP contribution in [0.3, 0.4) is 0 Å². The zero-order valence-electron chi connectivity index (χ0n) is 10.9. The van der Waals surface area contributed by atoms with Crippen molar-refractivity contribution in [2.45, 2.75) is 12.5 Å². The van der Waals surface area contributed by atoms with E-state index in [1.165, 1.54) is 13.0 Å². The lowest BCUT2D eigenvalue weighted by Crippen LogP contribution is -2.43. The van der Waals surface area contributed by atoms with Crippen LogP contribution in [0.25, 0.3) is 11.0 Å². The Morgan fingerprint density at radius 1 is 1.40 bits per heavy atom. The van der Waals surface area contributed by atoms with Crippen molar-refractivity contribution >= 4 is 32.8 Å². The molecule has 2 saturated heterocycles. The summed E-state index contributed by atoms with van der Waals surface area (Å²) < 4.78 is 6.34. The fraction of sp³-hybridized carbons (Fsp3) is 0.400. The van der Waals surface area contributed by atoms with Crippen molar-refractivity contribution in [1.29, 1.82) is 0 Å². The Morgan fingerprint density at radius 2 is 2.30 bits per heavy atom. The van der Waals surface area contributed by atoms with Crippen molar-refractivity contribution in [2.24, 2.45) is 5.92 Å². The van der Waals surface area contributed by atoms with Gasteiger partial charge in [0.25, 0.3) is 5.91 Å². The van der Waals surface area contributed by atoms with Crippen LogP contribution in [0.5, 0.6) is 0 Å². The molecule has 1 N–H and O–H groups in total. The molecular weight excluding hydrogens is 320 g/mol. The predicted octanol–water partition coefficient (Wildman–Crippen LogP) is 2.63. The molecule has 4 rings (SSSR count). The van der Waals surface area contributed by atoms with Crippen molar-refractivity contribution in [1.82, 2.24) is 10.2 Å². The minimum Gasteiger partial charge on any atom is -0.463 e. The topological polar surface area (TPSA) is 45.5 Å². The Balaban J connectivity index is 1.54. The number of carbonyl (C=O) groups is 1. The van der Waals surface area contributed by atoms with Gasteiger partial charge in [-0.25, -0.2) is 0 Å². The molecule has 0 aliphatic carbocycles. The van der Waals surface area contributed by atoms with Gasteiger partial charge >= 0.3 is 0 Å². The number of furan rings is 1. The first-order chi connectivity index (χ1) is 9.70. The second-order valence-electron chi connectivity index (χ2n) is 5.68. The average Bonchev–Trinajstić information content (AvgIpc) is 3.14. The molecular formula is C15H15BrN2O2. The molecule has 5 heteroatoms. The van der Waals surface area contributed by atoms with Crippen LogP contribution < -0.4 is 5.32 Å². The first-order valence-electron chi connectivity index (χ1n) is 6.91. The third-order valence-corrected chi connectivity index (χ3v) is 5.05. The summed E-state index contributed by atoms with van der Waals surface area (Å²) in [6.07, 6.45) is 2.85. The highest BCUT2D eigenvalue weighted by molar-refractivity contribution is 9.10. The number of nitrogens with one attached hydrogen (secondary N) is 1. The van der Waals surface area contributed by atoms with Crippen molar-refractivity contribution in [3.05, 3.63) is 34.5 Å². The summed E-state index contributed by atoms with van der Waals surface area (Å²) in [4.78, 5) is 14.8. The number of amides is 1. The van der Waals surface area contributed by atoms with Crippen molar-refractivity contribution in [3.8, 4) is 0 Å². The Bertz CT molecular complexity index is 682. The van der Waals surface area contributed by atoms with E-state index in [-0.39, 0.29) is 5.91 Å². The van der Waals surface area contributed by atoms with Gasteiger partial charge in [0.2, 0.25) is 0 Å². The standard InChI is InChI=1S/C15H15BrN2O2/c16-12-8-20-14-5-9(1-2-11(12)14)15(19)17-13-7-18-4-3-10(13)6-18/h1-2,5,8,10,13H,3-4,6-7H2,(H,17,19)/t10-,13+/m1/s1. The number of piperidine rings is 1. The number of fused-ring (bicyclic) bond motifs is 3. The molecule has 0 spiro atoms. The SMILES string of the molecule is O=C(N[C@H]1CN2CC[C@@H]1C2)c1ccc2c(Br)coc2c1. The molecule has 1 unspecified atom stereocenters. The highest BCUT2D eigenvalue weighted by Gasteiger charge is 2.38. The summed E-state index contributed by atoms with van der Waals surface area (Å²) in [5.74, 6) is 0.624. The van der Waals surface area contributed by atoms with Crippen LogP contribution in [0.15, 0.2) is 33.4 Å².